The zero-order valence-electron chi connectivity index (χ0n) is 17.2. The normalized spacial score (nSPS) is 16.8. The summed E-state index contributed by atoms with van der Waals surface area (Å²) in [5.74, 6) is -0.427. The van der Waals surface area contributed by atoms with Crippen LogP contribution in [-0.2, 0) is 4.79 Å². The Bertz CT molecular complexity index is 697. The number of hydrogen-bond donors (Lipinski definition) is 1. The van der Waals surface area contributed by atoms with Gasteiger partial charge in [0.2, 0.25) is 5.91 Å². The molecule has 0 saturated carbocycles. The molecule has 7 nitrogen and oxygen atoms in total. The number of pyridine rings is 1. The summed E-state index contributed by atoms with van der Waals surface area (Å²) in [6.45, 7) is 10.0. The van der Waals surface area contributed by atoms with Gasteiger partial charge in [0.15, 0.2) is 0 Å². The summed E-state index contributed by atoms with van der Waals surface area (Å²) in [4.78, 5) is 31.7. The number of carboxylic acid groups (broad SMARTS) is 1. The molecule has 1 atom stereocenters. The lowest BCUT2D eigenvalue weighted by Gasteiger charge is -2.43. The highest BCUT2D eigenvalue weighted by molar-refractivity contribution is 5.86. The highest BCUT2D eigenvalue weighted by atomic mass is 19.1. The Hall–Kier alpha value is -2.38. The highest BCUT2D eigenvalue weighted by Crippen LogP contribution is 2.26. The second-order valence-electron chi connectivity index (χ2n) is 8.49. The first-order valence-electron chi connectivity index (χ1n) is 9.59. The molecule has 2 rings (SSSR count). The average molecular weight is 395 g/mol. The molecule has 1 aromatic heterocycles. The predicted octanol–water partition coefficient (Wildman–Crippen LogP) is 3.39. The number of rotatable bonds is 5. The minimum absolute atomic E-state index is 0.136. The summed E-state index contributed by atoms with van der Waals surface area (Å²) >= 11 is 0. The molecule has 28 heavy (non-hydrogen) atoms. The van der Waals surface area contributed by atoms with Gasteiger partial charge in [-0.05, 0) is 26.7 Å². The van der Waals surface area contributed by atoms with Crippen LogP contribution in [0.1, 0.15) is 47.5 Å². The van der Waals surface area contributed by atoms with E-state index in [-0.39, 0.29) is 17.9 Å². The van der Waals surface area contributed by atoms with Crippen molar-refractivity contribution in [1.29, 1.82) is 0 Å². The van der Waals surface area contributed by atoms with E-state index in [9.17, 15) is 19.1 Å². The molecule has 1 N–H and O–H groups in total. The molecular formula is C20H30FN3O4. The third-order valence-corrected chi connectivity index (χ3v) is 4.83. The second kappa shape index (κ2) is 8.75. The van der Waals surface area contributed by atoms with Crippen molar-refractivity contribution in [3.05, 3.63) is 24.3 Å². The number of halogens is 1. The molecule has 1 aliphatic heterocycles. The number of nitrogens with zero attached hydrogens (tertiary/aromatic N) is 3. The number of aromatic nitrogens is 1. The van der Waals surface area contributed by atoms with Crippen molar-refractivity contribution in [2.75, 3.05) is 13.1 Å². The van der Waals surface area contributed by atoms with Crippen LogP contribution < -0.4 is 4.74 Å². The molecule has 0 spiro atoms. The number of hydrogen-bond acceptors (Lipinski definition) is 4. The fourth-order valence-electron chi connectivity index (χ4n) is 3.55. The van der Waals surface area contributed by atoms with E-state index < -0.39 is 23.5 Å². The number of ether oxygens (including phenoxy) is 1. The van der Waals surface area contributed by atoms with Crippen molar-refractivity contribution in [1.82, 2.24) is 14.8 Å². The van der Waals surface area contributed by atoms with Crippen LogP contribution in [0.15, 0.2) is 18.5 Å². The quantitative estimate of drug-likeness (QED) is 0.826. The Morgan fingerprint density at radius 3 is 2.36 bits per heavy atom. The molecule has 0 aliphatic carbocycles. The number of piperidine rings is 1. The van der Waals surface area contributed by atoms with Crippen LogP contribution in [0, 0.1) is 11.7 Å². The minimum Gasteiger partial charge on any atom is -0.489 e. The maximum Gasteiger partial charge on any atom is 0.408 e. The molecule has 1 saturated heterocycles. The zero-order valence-corrected chi connectivity index (χ0v) is 17.2. The molecule has 0 bridgehead atoms. The lowest BCUT2D eigenvalue weighted by atomic mass is 9.94. The second-order valence-corrected chi connectivity index (χ2v) is 8.49. The summed E-state index contributed by atoms with van der Waals surface area (Å²) < 4.78 is 19.0. The van der Waals surface area contributed by atoms with Crippen LogP contribution in [0.25, 0.3) is 0 Å². The summed E-state index contributed by atoms with van der Waals surface area (Å²) in [7, 11) is 0. The minimum atomic E-state index is -1.10. The number of carbonyl (C=O) groups is 2. The van der Waals surface area contributed by atoms with Crippen molar-refractivity contribution in [2.24, 2.45) is 5.92 Å². The molecular weight excluding hydrogens is 365 g/mol. The van der Waals surface area contributed by atoms with Gasteiger partial charge in [0.1, 0.15) is 23.7 Å². The van der Waals surface area contributed by atoms with Crippen molar-refractivity contribution in [2.45, 2.75) is 65.1 Å². The number of carbonyl (C=O) groups excluding carboxylic acids is 1. The first-order valence-corrected chi connectivity index (χ1v) is 9.59. The van der Waals surface area contributed by atoms with E-state index in [0.717, 1.165) is 6.20 Å². The molecule has 0 radical (unpaired) electrons. The summed E-state index contributed by atoms with van der Waals surface area (Å²) in [5, 5.41) is 9.70. The van der Waals surface area contributed by atoms with Gasteiger partial charge in [0.05, 0.1) is 12.4 Å². The van der Waals surface area contributed by atoms with Gasteiger partial charge in [-0.2, -0.15) is 0 Å². The van der Waals surface area contributed by atoms with Crippen molar-refractivity contribution >= 4 is 12.0 Å². The lowest BCUT2D eigenvalue weighted by Crippen LogP contribution is -2.60. The Balaban J connectivity index is 2.04. The Labute approximate surface area is 165 Å². The lowest BCUT2D eigenvalue weighted by molar-refractivity contribution is -0.141. The standard InChI is InChI=1S/C20H30FN3O4/c1-13(2)17(24(19(26)27)20(3,4)5)18(25)23-8-6-15(7-9-23)28-16-10-14(21)11-22-12-16/h10-13,15,17H,6-9H2,1-5H3,(H,26,27)/t17-/m0/s1. The van der Waals surface area contributed by atoms with E-state index in [1.807, 2.05) is 13.8 Å². The number of likely N-dealkylation sites (tertiary alicyclic amines) is 1. The summed E-state index contributed by atoms with van der Waals surface area (Å²) in [6, 6.07) is 0.537. The highest BCUT2D eigenvalue weighted by Gasteiger charge is 2.41. The molecule has 156 valence electrons. The first kappa shape index (κ1) is 21.9. The van der Waals surface area contributed by atoms with Crippen LogP contribution in [-0.4, -0.2) is 62.7 Å². The van der Waals surface area contributed by atoms with Crippen LogP contribution in [0.2, 0.25) is 0 Å². The van der Waals surface area contributed by atoms with Crippen LogP contribution >= 0.6 is 0 Å². The summed E-state index contributed by atoms with van der Waals surface area (Å²) in [5.41, 5.74) is -0.692. The largest absolute Gasteiger partial charge is 0.489 e. The maximum absolute atomic E-state index is 13.2. The summed E-state index contributed by atoms with van der Waals surface area (Å²) in [6.07, 6.45) is 2.53. The number of amides is 2. The Kier molecular flexibility index (Phi) is 6.85. The third kappa shape index (κ3) is 5.33. The van der Waals surface area contributed by atoms with E-state index >= 15 is 0 Å². The molecule has 1 aliphatic rings. The van der Waals surface area contributed by atoms with Gasteiger partial charge in [-0.3, -0.25) is 14.7 Å². The van der Waals surface area contributed by atoms with Crippen molar-refractivity contribution < 1.29 is 23.8 Å². The van der Waals surface area contributed by atoms with Gasteiger partial charge in [0, 0.05) is 37.5 Å². The fraction of sp³-hybridized carbons (Fsp3) is 0.650. The monoisotopic (exact) mass is 395 g/mol. The molecule has 1 aromatic rings. The first-order chi connectivity index (χ1) is 13.0. The van der Waals surface area contributed by atoms with Gasteiger partial charge in [0.25, 0.3) is 0 Å². The van der Waals surface area contributed by atoms with Gasteiger partial charge in [-0.1, -0.05) is 13.8 Å². The SMILES string of the molecule is CC(C)[C@@H](C(=O)N1CCC(Oc2cncc(F)c2)CC1)N(C(=O)O)C(C)(C)C. The van der Waals surface area contributed by atoms with Gasteiger partial charge < -0.3 is 14.7 Å². The molecule has 2 heterocycles. The van der Waals surface area contributed by atoms with Crippen LogP contribution in [0.5, 0.6) is 5.75 Å². The van der Waals surface area contributed by atoms with Gasteiger partial charge >= 0.3 is 6.09 Å². The van der Waals surface area contributed by atoms with E-state index in [0.29, 0.717) is 31.7 Å². The van der Waals surface area contributed by atoms with Crippen molar-refractivity contribution in [3.63, 3.8) is 0 Å². The van der Waals surface area contributed by atoms with Gasteiger partial charge in [-0.15, -0.1) is 0 Å². The zero-order chi connectivity index (χ0) is 21.1. The average Bonchev–Trinajstić information content (AvgIpc) is 2.58. The van der Waals surface area contributed by atoms with E-state index in [1.165, 1.54) is 17.2 Å². The Morgan fingerprint density at radius 2 is 1.89 bits per heavy atom. The molecule has 1 fully saturated rings. The Morgan fingerprint density at radius 1 is 1.29 bits per heavy atom. The smallest absolute Gasteiger partial charge is 0.408 e. The molecule has 0 unspecified atom stereocenters. The predicted molar refractivity (Wildman–Crippen MR) is 103 cm³/mol. The fourth-order valence-corrected chi connectivity index (χ4v) is 3.55. The topological polar surface area (TPSA) is 83.0 Å². The van der Waals surface area contributed by atoms with Gasteiger partial charge in [-0.25, -0.2) is 9.18 Å². The van der Waals surface area contributed by atoms with Crippen LogP contribution in [0.4, 0.5) is 9.18 Å². The molecule has 2 amide bonds. The van der Waals surface area contributed by atoms with Crippen molar-refractivity contribution in [3.8, 4) is 5.75 Å². The maximum atomic E-state index is 13.2. The van der Waals surface area contributed by atoms with Crippen LogP contribution in [0.3, 0.4) is 0 Å². The molecule has 0 aromatic carbocycles. The third-order valence-electron chi connectivity index (χ3n) is 4.83. The van der Waals surface area contributed by atoms with E-state index in [4.69, 9.17) is 4.74 Å². The molecule has 8 heteroatoms. The van der Waals surface area contributed by atoms with E-state index in [2.05, 4.69) is 4.98 Å². The van der Waals surface area contributed by atoms with E-state index in [1.54, 1.807) is 25.7 Å².